The van der Waals surface area contributed by atoms with Gasteiger partial charge in [0.25, 0.3) is 5.69 Å². The smallest absolute Gasteiger partial charge is 0.273 e. The largest absolute Gasteiger partial charge is 0.392 e. The van der Waals surface area contributed by atoms with Gasteiger partial charge in [-0.1, -0.05) is 0 Å². The van der Waals surface area contributed by atoms with Gasteiger partial charge in [0.15, 0.2) is 0 Å². The van der Waals surface area contributed by atoms with Crippen molar-refractivity contribution in [3.8, 4) is 6.07 Å². The highest BCUT2D eigenvalue weighted by Gasteiger charge is 2.16. The molecule has 5 nitrogen and oxygen atoms in total. The summed E-state index contributed by atoms with van der Waals surface area (Å²) in [5.74, 6) is 0. The Morgan fingerprint density at radius 3 is 2.71 bits per heavy atom. The molecule has 72 valence electrons. The van der Waals surface area contributed by atoms with Crippen molar-refractivity contribution in [2.75, 3.05) is 0 Å². The van der Waals surface area contributed by atoms with E-state index in [0.29, 0.717) is 11.1 Å². The van der Waals surface area contributed by atoms with Crippen LogP contribution in [0.3, 0.4) is 0 Å². The van der Waals surface area contributed by atoms with Gasteiger partial charge in [-0.25, -0.2) is 0 Å². The third-order valence-electron chi connectivity index (χ3n) is 2.00. The first-order valence-corrected chi connectivity index (χ1v) is 3.89. The number of nitro benzene ring substituents is 1. The summed E-state index contributed by atoms with van der Waals surface area (Å²) < 4.78 is 0. The summed E-state index contributed by atoms with van der Waals surface area (Å²) in [4.78, 5) is 9.98. The van der Waals surface area contributed by atoms with Crippen LogP contribution in [0, 0.1) is 28.4 Å². The molecule has 1 N–H and O–H groups in total. The van der Waals surface area contributed by atoms with Crippen molar-refractivity contribution in [2.45, 2.75) is 13.5 Å². The maximum Gasteiger partial charge on any atom is 0.273 e. The molecule has 0 fully saturated rings. The van der Waals surface area contributed by atoms with Crippen molar-refractivity contribution in [2.24, 2.45) is 0 Å². The molecule has 0 aliphatic carbocycles. The Balaban J connectivity index is 3.44. The second kappa shape index (κ2) is 3.85. The fourth-order valence-electron chi connectivity index (χ4n) is 1.24. The van der Waals surface area contributed by atoms with Crippen LogP contribution in [0.4, 0.5) is 5.69 Å². The van der Waals surface area contributed by atoms with Gasteiger partial charge in [0.05, 0.1) is 17.1 Å². The molecule has 5 heteroatoms. The van der Waals surface area contributed by atoms with Crippen LogP contribution < -0.4 is 0 Å². The molecule has 0 aromatic heterocycles. The van der Waals surface area contributed by atoms with Crippen LogP contribution in [0.1, 0.15) is 16.7 Å². The molecule has 0 spiro atoms. The van der Waals surface area contributed by atoms with E-state index in [-0.39, 0.29) is 17.9 Å². The molecule has 0 heterocycles. The van der Waals surface area contributed by atoms with Crippen LogP contribution in [-0.4, -0.2) is 10.0 Å². The third-order valence-corrected chi connectivity index (χ3v) is 2.00. The first-order valence-electron chi connectivity index (χ1n) is 3.89. The van der Waals surface area contributed by atoms with Crippen LogP contribution in [0.25, 0.3) is 0 Å². The second-order valence-electron chi connectivity index (χ2n) is 2.77. The Morgan fingerprint density at radius 2 is 2.29 bits per heavy atom. The highest BCUT2D eigenvalue weighted by molar-refractivity contribution is 5.53. The first-order chi connectivity index (χ1) is 6.61. The average Bonchev–Trinajstić information content (AvgIpc) is 2.16. The van der Waals surface area contributed by atoms with E-state index in [1.807, 2.05) is 6.07 Å². The summed E-state index contributed by atoms with van der Waals surface area (Å²) in [6, 6.07) is 4.53. The topological polar surface area (TPSA) is 87.2 Å². The molecule has 0 radical (unpaired) electrons. The van der Waals surface area contributed by atoms with Gasteiger partial charge >= 0.3 is 0 Å². The van der Waals surface area contributed by atoms with Gasteiger partial charge in [0.2, 0.25) is 0 Å². The monoisotopic (exact) mass is 192 g/mol. The fraction of sp³-hybridized carbons (Fsp3) is 0.222. The van der Waals surface area contributed by atoms with Gasteiger partial charge in [0, 0.05) is 11.6 Å². The van der Waals surface area contributed by atoms with E-state index in [1.54, 1.807) is 0 Å². The summed E-state index contributed by atoms with van der Waals surface area (Å²) >= 11 is 0. The Bertz CT molecular complexity index is 421. The van der Waals surface area contributed by atoms with Gasteiger partial charge in [-0.3, -0.25) is 10.1 Å². The van der Waals surface area contributed by atoms with Gasteiger partial charge < -0.3 is 5.11 Å². The maximum absolute atomic E-state index is 10.5. The number of aliphatic hydroxyl groups excluding tert-OH is 1. The van der Waals surface area contributed by atoms with E-state index in [1.165, 1.54) is 19.1 Å². The molecule has 0 unspecified atom stereocenters. The molecule has 0 atom stereocenters. The first kappa shape index (κ1) is 10.2. The molecule has 0 aliphatic rings. The number of nitro groups is 1. The van der Waals surface area contributed by atoms with Gasteiger partial charge in [0.1, 0.15) is 6.07 Å². The Hall–Kier alpha value is -1.93. The summed E-state index contributed by atoms with van der Waals surface area (Å²) in [7, 11) is 0. The van der Waals surface area contributed by atoms with E-state index >= 15 is 0 Å². The minimum absolute atomic E-state index is 0.0984. The molecule has 0 saturated heterocycles. The Kier molecular flexibility index (Phi) is 2.79. The van der Waals surface area contributed by atoms with Crippen LogP contribution in [-0.2, 0) is 6.61 Å². The predicted octanol–water partition coefficient (Wildman–Crippen LogP) is 1.27. The molecule has 0 saturated carbocycles. The number of aliphatic hydroxyl groups is 1. The van der Waals surface area contributed by atoms with E-state index in [4.69, 9.17) is 10.4 Å². The van der Waals surface area contributed by atoms with Crippen LogP contribution in [0.5, 0.6) is 0 Å². The van der Waals surface area contributed by atoms with Crippen LogP contribution in [0.15, 0.2) is 12.1 Å². The number of hydrogen-bond acceptors (Lipinski definition) is 4. The standard InChI is InChI=1S/C9H8N2O3/c1-6-8(4-10)7(5-12)2-3-9(6)11(13)14/h2-3,12H,5H2,1H3. The van der Waals surface area contributed by atoms with E-state index in [2.05, 4.69) is 0 Å². The lowest BCUT2D eigenvalue weighted by Gasteiger charge is -2.03. The Labute approximate surface area is 80.4 Å². The molecule has 1 aromatic rings. The quantitative estimate of drug-likeness (QED) is 0.564. The second-order valence-corrected chi connectivity index (χ2v) is 2.77. The minimum atomic E-state index is -0.544. The lowest BCUT2D eigenvalue weighted by molar-refractivity contribution is -0.385. The number of hydrogen-bond donors (Lipinski definition) is 1. The molecular weight excluding hydrogens is 184 g/mol. The van der Waals surface area contributed by atoms with E-state index in [9.17, 15) is 10.1 Å². The maximum atomic E-state index is 10.5. The molecule has 0 bridgehead atoms. The molecule has 14 heavy (non-hydrogen) atoms. The van der Waals surface area contributed by atoms with Gasteiger partial charge in [-0.15, -0.1) is 0 Å². The molecular formula is C9H8N2O3. The van der Waals surface area contributed by atoms with E-state index < -0.39 is 4.92 Å². The zero-order valence-corrected chi connectivity index (χ0v) is 7.52. The number of benzene rings is 1. The summed E-state index contributed by atoms with van der Waals surface area (Å²) in [5.41, 5.74) is 0.792. The minimum Gasteiger partial charge on any atom is -0.392 e. The highest BCUT2D eigenvalue weighted by Crippen LogP contribution is 2.23. The molecule has 0 amide bonds. The summed E-state index contributed by atoms with van der Waals surface area (Å²) in [6.07, 6.45) is 0. The van der Waals surface area contributed by atoms with Crippen molar-refractivity contribution in [1.29, 1.82) is 5.26 Å². The summed E-state index contributed by atoms with van der Waals surface area (Å²) in [5, 5.41) is 28.2. The third kappa shape index (κ3) is 1.56. The van der Waals surface area contributed by atoms with Gasteiger partial charge in [-0.2, -0.15) is 5.26 Å². The highest BCUT2D eigenvalue weighted by atomic mass is 16.6. The molecule has 0 aliphatic heterocycles. The van der Waals surface area contributed by atoms with Crippen molar-refractivity contribution < 1.29 is 10.0 Å². The normalized spacial score (nSPS) is 9.50. The van der Waals surface area contributed by atoms with Crippen molar-refractivity contribution in [3.05, 3.63) is 38.9 Å². The van der Waals surface area contributed by atoms with Gasteiger partial charge in [-0.05, 0) is 18.6 Å². The average molecular weight is 192 g/mol. The van der Waals surface area contributed by atoms with Crippen molar-refractivity contribution in [3.63, 3.8) is 0 Å². The SMILES string of the molecule is Cc1c([N+](=O)[O-])ccc(CO)c1C#N. The van der Waals surface area contributed by atoms with E-state index in [0.717, 1.165) is 0 Å². The zero-order chi connectivity index (χ0) is 10.7. The van der Waals surface area contributed by atoms with Crippen molar-refractivity contribution >= 4 is 5.69 Å². The van der Waals surface area contributed by atoms with Crippen LogP contribution >= 0.6 is 0 Å². The lowest BCUT2D eigenvalue weighted by Crippen LogP contribution is -1.98. The fourth-order valence-corrected chi connectivity index (χ4v) is 1.24. The summed E-state index contributed by atoms with van der Waals surface area (Å²) in [6.45, 7) is 1.21. The number of nitriles is 1. The Morgan fingerprint density at radius 1 is 1.64 bits per heavy atom. The molecule has 1 aromatic carbocycles. The number of nitrogens with zero attached hydrogens (tertiary/aromatic N) is 2. The predicted molar refractivity (Wildman–Crippen MR) is 48.5 cm³/mol. The lowest BCUT2D eigenvalue weighted by atomic mass is 10.0. The number of rotatable bonds is 2. The van der Waals surface area contributed by atoms with Crippen LogP contribution in [0.2, 0.25) is 0 Å². The zero-order valence-electron chi connectivity index (χ0n) is 7.52. The molecule has 1 rings (SSSR count). The van der Waals surface area contributed by atoms with Crippen molar-refractivity contribution in [1.82, 2.24) is 0 Å².